The second-order valence-electron chi connectivity index (χ2n) is 3.44. The molecule has 0 N–H and O–H groups in total. The van der Waals surface area contributed by atoms with E-state index in [-0.39, 0.29) is 5.97 Å². The zero-order valence-electron chi connectivity index (χ0n) is 9.59. The Morgan fingerprint density at radius 2 is 2.06 bits per heavy atom. The molecule has 0 spiro atoms. The van der Waals surface area contributed by atoms with E-state index in [0.717, 1.165) is 11.5 Å². The van der Waals surface area contributed by atoms with Gasteiger partial charge >= 0.3 is 5.97 Å². The number of rotatable bonds is 7. The van der Waals surface area contributed by atoms with Gasteiger partial charge in [-0.2, -0.15) is 24.4 Å². The highest BCUT2D eigenvalue weighted by Gasteiger charge is 2.05. The van der Waals surface area contributed by atoms with Crippen LogP contribution in [0.25, 0.3) is 0 Å². The van der Waals surface area contributed by atoms with Gasteiger partial charge in [-0.1, -0.05) is 36.9 Å². The van der Waals surface area contributed by atoms with Crippen molar-refractivity contribution in [1.29, 1.82) is 0 Å². The van der Waals surface area contributed by atoms with Gasteiger partial charge in [-0.25, -0.2) is 4.79 Å². The fraction of sp³-hybridized carbons (Fsp3) is 0.308. The van der Waals surface area contributed by atoms with E-state index in [1.807, 2.05) is 18.2 Å². The summed E-state index contributed by atoms with van der Waals surface area (Å²) in [6, 6.07) is 10.2. The molecule has 0 fully saturated rings. The summed E-state index contributed by atoms with van der Waals surface area (Å²) in [6.07, 6.45) is 0. The van der Waals surface area contributed by atoms with Gasteiger partial charge in [-0.15, -0.1) is 0 Å². The normalized spacial score (nSPS) is 9.94. The topological polar surface area (TPSA) is 26.3 Å². The molecule has 0 saturated carbocycles. The third-order valence-corrected chi connectivity index (χ3v) is 3.43. The second kappa shape index (κ2) is 8.25. The SMILES string of the molecule is C=C(CS)C(=O)OCCSCc1ccccc1. The van der Waals surface area contributed by atoms with E-state index in [0.29, 0.717) is 17.9 Å². The first-order chi connectivity index (χ1) is 8.24. The lowest BCUT2D eigenvalue weighted by atomic mass is 10.2. The molecule has 0 atom stereocenters. The molecule has 0 heterocycles. The Labute approximate surface area is 112 Å². The fourth-order valence-corrected chi connectivity index (χ4v) is 2.03. The Kier molecular flexibility index (Phi) is 6.89. The van der Waals surface area contributed by atoms with Crippen molar-refractivity contribution in [2.45, 2.75) is 5.75 Å². The Balaban J connectivity index is 2.09. The van der Waals surface area contributed by atoms with E-state index in [4.69, 9.17) is 4.74 Å². The summed E-state index contributed by atoms with van der Waals surface area (Å²) in [5.41, 5.74) is 1.69. The fourth-order valence-electron chi connectivity index (χ4n) is 1.12. The number of esters is 1. The van der Waals surface area contributed by atoms with Crippen molar-refractivity contribution in [1.82, 2.24) is 0 Å². The molecule has 0 aliphatic rings. The lowest BCUT2D eigenvalue weighted by Crippen LogP contribution is -2.10. The molecule has 92 valence electrons. The molecule has 0 aliphatic heterocycles. The molecule has 1 rings (SSSR count). The summed E-state index contributed by atoms with van der Waals surface area (Å²) in [5.74, 6) is 1.72. The van der Waals surface area contributed by atoms with Crippen LogP contribution in [-0.4, -0.2) is 24.1 Å². The molecular formula is C13H16O2S2. The Bertz CT molecular complexity index is 363. The van der Waals surface area contributed by atoms with Crippen molar-refractivity contribution in [2.24, 2.45) is 0 Å². The summed E-state index contributed by atoms with van der Waals surface area (Å²) in [4.78, 5) is 11.2. The van der Waals surface area contributed by atoms with Crippen molar-refractivity contribution >= 4 is 30.4 Å². The van der Waals surface area contributed by atoms with Crippen LogP contribution >= 0.6 is 24.4 Å². The second-order valence-corrected chi connectivity index (χ2v) is 4.86. The molecule has 0 amide bonds. The van der Waals surface area contributed by atoms with Crippen molar-refractivity contribution in [3.63, 3.8) is 0 Å². The molecule has 0 saturated heterocycles. The van der Waals surface area contributed by atoms with E-state index in [1.165, 1.54) is 5.56 Å². The molecule has 17 heavy (non-hydrogen) atoms. The van der Waals surface area contributed by atoms with Gasteiger partial charge in [0.25, 0.3) is 0 Å². The van der Waals surface area contributed by atoms with Crippen molar-refractivity contribution in [2.75, 3.05) is 18.1 Å². The Morgan fingerprint density at radius 3 is 2.71 bits per heavy atom. The van der Waals surface area contributed by atoms with E-state index in [9.17, 15) is 4.79 Å². The lowest BCUT2D eigenvalue weighted by molar-refractivity contribution is -0.138. The largest absolute Gasteiger partial charge is 0.461 e. The van der Waals surface area contributed by atoms with Gasteiger partial charge in [0.1, 0.15) is 6.61 Å². The number of benzene rings is 1. The molecular weight excluding hydrogens is 252 g/mol. The van der Waals surface area contributed by atoms with E-state index in [1.54, 1.807) is 11.8 Å². The molecule has 4 heteroatoms. The van der Waals surface area contributed by atoms with Crippen LogP contribution in [0.15, 0.2) is 42.5 Å². The lowest BCUT2D eigenvalue weighted by Gasteiger charge is -2.05. The van der Waals surface area contributed by atoms with Crippen LogP contribution in [0.3, 0.4) is 0 Å². The van der Waals surface area contributed by atoms with Crippen LogP contribution in [0.1, 0.15) is 5.56 Å². The predicted octanol–water partition coefficient (Wildman–Crippen LogP) is 2.95. The van der Waals surface area contributed by atoms with Crippen LogP contribution in [0.2, 0.25) is 0 Å². The molecule has 2 nitrogen and oxygen atoms in total. The molecule has 1 aromatic carbocycles. The number of carbonyl (C=O) groups excluding carboxylic acids is 1. The maximum Gasteiger partial charge on any atom is 0.334 e. The van der Waals surface area contributed by atoms with Gasteiger partial charge in [-0.3, -0.25) is 0 Å². The van der Waals surface area contributed by atoms with Gasteiger partial charge in [0, 0.05) is 22.8 Å². The summed E-state index contributed by atoms with van der Waals surface area (Å²) in [5, 5.41) is 0. The number of thioether (sulfide) groups is 1. The summed E-state index contributed by atoms with van der Waals surface area (Å²) >= 11 is 5.70. The van der Waals surface area contributed by atoms with Gasteiger partial charge < -0.3 is 4.74 Å². The molecule has 1 aromatic rings. The van der Waals surface area contributed by atoms with Crippen LogP contribution in [0, 0.1) is 0 Å². The van der Waals surface area contributed by atoms with Crippen LogP contribution < -0.4 is 0 Å². The highest BCUT2D eigenvalue weighted by atomic mass is 32.2. The van der Waals surface area contributed by atoms with E-state index in [2.05, 4.69) is 31.3 Å². The maximum absolute atomic E-state index is 11.2. The molecule has 0 radical (unpaired) electrons. The molecule has 0 aromatic heterocycles. The number of ether oxygens (including phenoxy) is 1. The standard InChI is InChI=1S/C13H16O2S2/c1-11(9-16)13(14)15-7-8-17-10-12-5-3-2-4-6-12/h2-6,16H,1,7-10H2. The maximum atomic E-state index is 11.2. The van der Waals surface area contributed by atoms with E-state index < -0.39 is 0 Å². The van der Waals surface area contributed by atoms with Crippen molar-refractivity contribution in [3.8, 4) is 0 Å². The summed E-state index contributed by atoms with van der Waals surface area (Å²) in [6.45, 7) is 3.98. The smallest absolute Gasteiger partial charge is 0.334 e. The third-order valence-electron chi connectivity index (χ3n) is 2.05. The van der Waals surface area contributed by atoms with Crippen molar-refractivity contribution in [3.05, 3.63) is 48.0 Å². The first-order valence-corrected chi connectivity index (χ1v) is 7.10. The van der Waals surface area contributed by atoms with Crippen LogP contribution in [-0.2, 0) is 15.3 Å². The minimum atomic E-state index is -0.347. The molecule has 0 unspecified atom stereocenters. The van der Waals surface area contributed by atoms with Crippen LogP contribution in [0.4, 0.5) is 0 Å². The summed E-state index contributed by atoms with van der Waals surface area (Å²) < 4.78 is 5.02. The number of hydrogen-bond acceptors (Lipinski definition) is 4. The van der Waals surface area contributed by atoms with Gasteiger partial charge in [0.05, 0.1) is 0 Å². The Morgan fingerprint density at radius 1 is 1.35 bits per heavy atom. The average Bonchev–Trinajstić information content (AvgIpc) is 2.38. The quantitative estimate of drug-likeness (QED) is 0.356. The highest BCUT2D eigenvalue weighted by molar-refractivity contribution is 7.98. The minimum absolute atomic E-state index is 0.343. The van der Waals surface area contributed by atoms with Gasteiger partial charge in [0.2, 0.25) is 0 Å². The van der Waals surface area contributed by atoms with Crippen LogP contribution in [0.5, 0.6) is 0 Å². The van der Waals surface area contributed by atoms with E-state index >= 15 is 0 Å². The Hall–Kier alpha value is -0.870. The predicted molar refractivity (Wildman–Crippen MR) is 76.6 cm³/mol. The first-order valence-electron chi connectivity index (χ1n) is 5.31. The zero-order valence-corrected chi connectivity index (χ0v) is 11.3. The molecule has 0 aliphatic carbocycles. The first kappa shape index (κ1) is 14.2. The third kappa shape index (κ3) is 5.84. The number of thiol groups is 1. The minimum Gasteiger partial charge on any atom is -0.461 e. The number of carbonyl (C=O) groups is 1. The average molecular weight is 268 g/mol. The van der Waals surface area contributed by atoms with Crippen molar-refractivity contribution < 1.29 is 9.53 Å². The molecule has 0 bridgehead atoms. The number of hydrogen-bond donors (Lipinski definition) is 1. The zero-order chi connectivity index (χ0) is 12.5. The monoisotopic (exact) mass is 268 g/mol. The van der Waals surface area contributed by atoms with Gasteiger partial charge in [0.15, 0.2) is 0 Å². The highest BCUT2D eigenvalue weighted by Crippen LogP contribution is 2.11. The van der Waals surface area contributed by atoms with Gasteiger partial charge in [-0.05, 0) is 5.56 Å². The summed E-state index contributed by atoms with van der Waals surface area (Å²) in [7, 11) is 0.